The van der Waals surface area contributed by atoms with Crippen LogP contribution >= 0.6 is 22.7 Å². The van der Waals surface area contributed by atoms with Crippen molar-refractivity contribution in [2.24, 2.45) is 14.1 Å². The molecular weight excluding hydrogens is 418 g/mol. The van der Waals surface area contributed by atoms with Crippen LogP contribution in [-0.2, 0) is 14.1 Å². The van der Waals surface area contributed by atoms with Crippen molar-refractivity contribution in [2.75, 3.05) is 19.0 Å². The number of aromatic nitrogens is 2. The van der Waals surface area contributed by atoms with Crippen molar-refractivity contribution >= 4 is 48.8 Å². The van der Waals surface area contributed by atoms with Gasteiger partial charge in [0.2, 0.25) is 11.0 Å². The summed E-state index contributed by atoms with van der Waals surface area (Å²) < 4.78 is 7.35. The van der Waals surface area contributed by atoms with E-state index in [4.69, 9.17) is 0 Å². The molecule has 5 aromatic rings. The fourth-order valence-corrected chi connectivity index (χ4v) is 6.63. The van der Waals surface area contributed by atoms with E-state index in [9.17, 15) is 0 Å². The monoisotopic (exact) mass is 445 g/mol. The average Bonchev–Trinajstić information content (AvgIpc) is 3.28. The molecule has 0 aliphatic rings. The molecule has 2 heterocycles. The topological polar surface area (TPSA) is 11.0 Å². The molecule has 0 atom stereocenters. The van der Waals surface area contributed by atoms with Crippen LogP contribution in [0.2, 0.25) is 0 Å². The van der Waals surface area contributed by atoms with Crippen LogP contribution in [0, 0.1) is 13.8 Å². The van der Waals surface area contributed by atoms with Gasteiger partial charge in [-0.2, -0.15) is 9.13 Å². The zero-order valence-electron chi connectivity index (χ0n) is 18.9. The van der Waals surface area contributed by atoms with Crippen LogP contribution in [-0.4, -0.2) is 14.1 Å². The standard InChI is InChI=1S/C26H27N3S2/c1-16-7-13-22-24(17(16)2)31-26(29(22)6)19-10-14-21-23(15-19)30-25(28(21)5)18-8-11-20(12-9-18)27(3)4/h7-15H,1-6H3/q+2. The lowest BCUT2D eigenvalue weighted by Crippen LogP contribution is -2.29. The molecule has 3 nitrogen and oxygen atoms in total. The van der Waals surface area contributed by atoms with Gasteiger partial charge in [-0.1, -0.05) is 28.7 Å². The SMILES string of the molecule is Cc1ccc2c(sc(-c3ccc4c(c3)sc(-c3ccc(N(C)C)cc3)[n+]4C)[n+]2C)c1C. The maximum absolute atomic E-state index is 2.35. The van der Waals surface area contributed by atoms with Gasteiger partial charge < -0.3 is 4.90 Å². The van der Waals surface area contributed by atoms with Crippen molar-refractivity contribution in [3.63, 3.8) is 0 Å². The van der Waals surface area contributed by atoms with E-state index in [1.807, 2.05) is 22.7 Å². The zero-order valence-corrected chi connectivity index (χ0v) is 20.5. The number of rotatable bonds is 3. The van der Waals surface area contributed by atoms with E-state index in [1.54, 1.807) is 0 Å². The summed E-state index contributed by atoms with van der Waals surface area (Å²) in [6.45, 7) is 4.42. The zero-order chi connectivity index (χ0) is 21.9. The summed E-state index contributed by atoms with van der Waals surface area (Å²) in [5.41, 5.74) is 9.08. The third-order valence-electron chi connectivity index (χ3n) is 6.23. The number of fused-ring (bicyclic) bond motifs is 2. The van der Waals surface area contributed by atoms with E-state index in [2.05, 4.69) is 111 Å². The second kappa shape index (κ2) is 7.43. The number of anilines is 1. The highest BCUT2D eigenvalue weighted by Gasteiger charge is 2.24. The van der Waals surface area contributed by atoms with Gasteiger partial charge in [0.05, 0.1) is 11.1 Å². The van der Waals surface area contributed by atoms with Crippen LogP contribution < -0.4 is 14.0 Å². The molecule has 5 rings (SSSR count). The highest BCUT2D eigenvalue weighted by molar-refractivity contribution is 7.22. The van der Waals surface area contributed by atoms with Gasteiger partial charge in [-0.3, -0.25) is 0 Å². The number of hydrogen-bond donors (Lipinski definition) is 0. The van der Waals surface area contributed by atoms with Crippen LogP contribution in [0.1, 0.15) is 11.1 Å². The van der Waals surface area contributed by atoms with Gasteiger partial charge in [-0.25, -0.2) is 0 Å². The third kappa shape index (κ3) is 3.24. The number of aryl methyl sites for hydroxylation is 4. The summed E-state index contributed by atoms with van der Waals surface area (Å²) in [6, 6.07) is 20.2. The molecule has 0 N–H and O–H groups in total. The molecule has 0 spiro atoms. The summed E-state index contributed by atoms with van der Waals surface area (Å²) in [6.07, 6.45) is 0. The summed E-state index contributed by atoms with van der Waals surface area (Å²) in [5, 5.41) is 2.59. The Balaban J connectivity index is 1.62. The minimum atomic E-state index is 1.22. The molecule has 0 unspecified atom stereocenters. The molecule has 5 heteroatoms. The molecule has 31 heavy (non-hydrogen) atoms. The van der Waals surface area contributed by atoms with Crippen molar-refractivity contribution in [3.05, 3.63) is 65.7 Å². The minimum absolute atomic E-state index is 1.22. The average molecular weight is 446 g/mol. The Labute approximate surface area is 191 Å². The summed E-state index contributed by atoms with van der Waals surface area (Å²) in [7, 11) is 8.50. The molecule has 0 radical (unpaired) electrons. The first-order valence-corrected chi connectivity index (χ1v) is 12.1. The molecule has 0 bridgehead atoms. The minimum Gasteiger partial charge on any atom is -0.378 e. The molecule has 2 aromatic heterocycles. The van der Waals surface area contributed by atoms with Crippen molar-refractivity contribution in [1.29, 1.82) is 0 Å². The molecule has 0 saturated heterocycles. The van der Waals surface area contributed by atoms with Gasteiger partial charge in [0.25, 0.3) is 10.0 Å². The smallest absolute Gasteiger partial charge is 0.269 e. The van der Waals surface area contributed by atoms with Crippen molar-refractivity contribution < 1.29 is 9.13 Å². The molecule has 0 fully saturated rings. The van der Waals surface area contributed by atoms with Gasteiger partial charge in [0, 0.05) is 31.9 Å². The lowest BCUT2D eigenvalue weighted by atomic mass is 10.1. The molecule has 0 aliphatic carbocycles. The molecule has 0 amide bonds. The van der Waals surface area contributed by atoms with E-state index in [0.29, 0.717) is 0 Å². The molecule has 0 saturated carbocycles. The highest BCUT2D eigenvalue weighted by atomic mass is 32.1. The van der Waals surface area contributed by atoms with Crippen LogP contribution in [0.4, 0.5) is 5.69 Å². The van der Waals surface area contributed by atoms with Crippen molar-refractivity contribution in [2.45, 2.75) is 13.8 Å². The fraction of sp³-hybridized carbons (Fsp3) is 0.231. The van der Waals surface area contributed by atoms with Crippen LogP contribution in [0.5, 0.6) is 0 Å². The van der Waals surface area contributed by atoms with E-state index >= 15 is 0 Å². The molecule has 3 aromatic carbocycles. The van der Waals surface area contributed by atoms with Gasteiger partial charge in [-0.05, 0) is 61.4 Å². The Kier molecular flexibility index (Phi) is 4.83. The molecule has 0 aliphatic heterocycles. The predicted molar refractivity (Wildman–Crippen MR) is 134 cm³/mol. The lowest BCUT2D eigenvalue weighted by molar-refractivity contribution is -0.629. The molecule has 156 valence electrons. The lowest BCUT2D eigenvalue weighted by Gasteiger charge is -2.11. The van der Waals surface area contributed by atoms with Crippen LogP contribution in [0.25, 0.3) is 41.6 Å². The van der Waals surface area contributed by atoms with Crippen LogP contribution in [0.3, 0.4) is 0 Å². The predicted octanol–water partition coefficient (Wildman–Crippen LogP) is 5.78. The first-order chi connectivity index (χ1) is 14.8. The highest BCUT2D eigenvalue weighted by Crippen LogP contribution is 2.35. The van der Waals surface area contributed by atoms with Crippen LogP contribution in [0.15, 0.2) is 54.6 Å². The van der Waals surface area contributed by atoms with E-state index in [-0.39, 0.29) is 0 Å². The fourth-order valence-electron chi connectivity index (χ4n) is 4.14. The maximum atomic E-state index is 2.35. The Hall–Kier alpha value is -2.76. The second-order valence-corrected chi connectivity index (χ2v) is 10.4. The second-order valence-electron chi connectivity index (χ2n) is 8.41. The summed E-state index contributed by atoms with van der Waals surface area (Å²) in [5.74, 6) is 0. The van der Waals surface area contributed by atoms with Gasteiger partial charge in [0.1, 0.15) is 23.5 Å². The van der Waals surface area contributed by atoms with Gasteiger partial charge in [-0.15, -0.1) is 0 Å². The Morgan fingerprint density at radius 3 is 2.03 bits per heavy atom. The maximum Gasteiger partial charge on any atom is 0.269 e. The van der Waals surface area contributed by atoms with Gasteiger partial charge >= 0.3 is 0 Å². The van der Waals surface area contributed by atoms with E-state index in [1.165, 1.54) is 58.4 Å². The number of benzene rings is 3. The normalized spacial score (nSPS) is 11.5. The number of hydrogen-bond acceptors (Lipinski definition) is 3. The Morgan fingerprint density at radius 2 is 1.32 bits per heavy atom. The Bertz CT molecular complexity index is 1440. The Morgan fingerprint density at radius 1 is 0.710 bits per heavy atom. The van der Waals surface area contributed by atoms with Crippen molar-refractivity contribution in [3.8, 4) is 21.1 Å². The third-order valence-corrected chi connectivity index (χ3v) is 8.90. The van der Waals surface area contributed by atoms with E-state index in [0.717, 1.165) is 0 Å². The number of nitrogens with zero attached hydrogens (tertiary/aromatic N) is 3. The molecular formula is C26H27N3S2+2. The van der Waals surface area contributed by atoms with Crippen molar-refractivity contribution in [1.82, 2.24) is 0 Å². The quantitative estimate of drug-likeness (QED) is 0.320. The largest absolute Gasteiger partial charge is 0.378 e. The summed E-state index contributed by atoms with van der Waals surface area (Å²) in [4.78, 5) is 2.13. The first kappa shape index (κ1) is 20.2. The van der Waals surface area contributed by atoms with E-state index < -0.39 is 0 Å². The first-order valence-electron chi connectivity index (χ1n) is 10.4. The summed E-state index contributed by atoms with van der Waals surface area (Å²) >= 11 is 3.76. The van der Waals surface area contributed by atoms with Gasteiger partial charge in [0.15, 0.2) is 0 Å². The number of thiazole rings is 2.